The first kappa shape index (κ1) is 10.8. The number of aromatic nitrogens is 2. The van der Waals surface area contributed by atoms with Gasteiger partial charge in [0.1, 0.15) is 11.6 Å². The Hall–Kier alpha value is -2.68. The molecule has 0 bridgehead atoms. The summed E-state index contributed by atoms with van der Waals surface area (Å²) < 4.78 is 18.6. The summed E-state index contributed by atoms with van der Waals surface area (Å²) in [5.74, 6) is -0.727. The fourth-order valence-corrected chi connectivity index (χ4v) is 1.18. The van der Waals surface area contributed by atoms with Crippen molar-refractivity contribution in [3.8, 4) is 17.7 Å². The summed E-state index contributed by atoms with van der Waals surface area (Å²) in [5, 5.41) is 16.0. The zero-order valence-corrected chi connectivity index (χ0v) is 8.59. The van der Waals surface area contributed by atoms with Gasteiger partial charge in [-0.3, -0.25) is 0 Å². The maximum Gasteiger partial charge on any atom is 0.257 e. The highest BCUT2D eigenvalue weighted by Gasteiger charge is 2.10. The standard InChI is InChI=1S/C11H7FN4O/c12-9-5-8(14)1-2-10(9)17-11-7(6-13)3-4-15-16-11/h1-5H,14H2. The third-order valence-corrected chi connectivity index (χ3v) is 1.97. The molecule has 2 N–H and O–H groups in total. The summed E-state index contributed by atoms with van der Waals surface area (Å²) >= 11 is 0. The molecular formula is C11H7FN4O. The van der Waals surface area contributed by atoms with Crippen LogP contribution in [-0.2, 0) is 0 Å². The number of hydrogen-bond acceptors (Lipinski definition) is 5. The first-order valence-electron chi connectivity index (χ1n) is 4.65. The van der Waals surface area contributed by atoms with E-state index in [4.69, 9.17) is 15.7 Å². The third-order valence-electron chi connectivity index (χ3n) is 1.97. The van der Waals surface area contributed by atoms with Gasteiger partial charge in [-0.25, -0.2) is 4.39 Å². The Kier molecular flexibility index (Phi) is 2.83. The van der Waals surface area contributed by atoms with E-state index in [2.05, 4.69) is 10.2 Å². The quantitative estimate of drug-likeness (QED) is 0.796. The van der Waals surface area contributed by atoms with Gasteiger partial charge in [0.15, 0.2) is 11.6 Å². The summed E-state index contributed by atoms with van der Waals surface area (Å²) in [6.45, 7) is 0. The van der Waals surface area contributed by atoms with E-state index >= 15 is 0 Å². The monoisotopic (exact) mass is 230 g/mol. The van der Waals surface area contributed by atoms with Crippen LogP contribution in [0.3, 0.4) is 0 Å². The van der Waals surface area contributed by atoms with Crippen LogP contribution < -0.4 is 10.5 Å². The molecule has 0 fully saturated rings. The maximum absolute atomic E-state index is 13.4. The zero-order valence-electron chi connectivity index (χ0n) is 8.59. The molecule has 0 atom stereocenters. The summed E-state index contributed by atoms with van der Waals surface area (Å²) in [6.07, 6.45) is 1.35. The molecule has 17 heavy (non-hydrogen) atoms. The predicted molar refractivity (Wildman–Crippen MR) is 57.6 cm³/mol. The van der Waals surface area contributed by atoms with Crippen LogP contribution in [0.5, 0.6) is 11.6 Å². The molecule has 6 heteroatoms. The molecule has 1 heterocycles. The Morgan fingerprint density at radius 2 is 2.18 bits per heavy atom. The normalized spacial score (nSPS) is 9.65. The first-order valence-corrected chi connectivity index (χ1v) is 4.65. The fraction of sp³-hybridized carbons (Fsp3) is 0. The number of hydrogen-bond donors (Lipinski definition) is 1. The number of nitrogen functional groups attached to an aromatic ring is 1. The summed E-state index contributed by atoms with van der Waals surface area (Å²) in [4.78, 5) is 0. The van der Waals surface area contributed by atoms with Crippen LogP contribution in [0.25, 0.3) is 0 Å². The summed E-state index contributed by atoms with van der Waals surface area (Å²) in [7, 11) is 0. The van der Waals surface area contributed by atoms with Crippen molar-refractivity contribution >= 4 is 5.69 Å². The Morgan fingerprint density at radius 3 is 2.88 bits per heavy atom. The lowest BCUT2D eigenvalue weighted by molar-refractivity contribution is 0.421. The van der Waals surface area contributed by atoms with Gasteiger partial charge in [0.25, 0.3) is 5.88 Å². The van der Waals surface area contributed by atoms with E-state index in [0.717, 1.165) is 6.07 Å². The molecule has 1 aromatic carbocycles. The predicted octanol–water partition coefficient (Wildman–Crippen LogP) is 1.86. The molecule has 1 aromatic heterocycles. The number of anilines is 1. The van der Waals surface area contributed by atoms with E-state index in [1.165, 1.54) is 24.4 Å². The highest BCUT2D eigenvalue weighted by molar-refractivity contribution is 5.45. The van der Waals surface area contributed by atoms with E-state index in [1.807, 2.05) is 6.07 Å². The smallest absolute Gasteiger partial charge is 0.257 e. The van der Waals surface area contributed by atoms with Crippen molar-refractivity contribution in [3.05, 3.63) is 41.8 Å². The molecule has 2 aromatic rings. The molecule has 0 radical (unpaired) electrons. The van der Waals surface area contributed by atoms with E-state index in [9.17, 15) is 4.39 Å². The number of rotatable bonds is 2. The molecule has 0 unspecified atom stereocenters. The molecule has 0 aliphatic heterocycles. The summed E-state index contributed by atoms with van der Waals surface area (Å²) in [5.41, 5.74) is 5.86. The van der Waals surface area contributed by atoms with Gasteiger partial charge in [0.2, 0.25) is 0 Å². The molecule has 5 nitrogen and oxygen atoms in total. The molecule has 2 rings (SSSR count). The van der Waals surface area contributed by atoms with Gasteiger partial charge < -0.3 is 10.5 Å². The largest absolute Gasteiger partial charge is 0.433 e. The van der Waals surface area contributed by atoms with Crippen LogP contribution >= 0.6 is 0 Å². The van der Waals surface area contributed by atoms with E-state index in [0.29, 0.717) is 0 Å². The lowest BCUT2D eigenvalue weighted by Gasteiger charge is -2.06. The number of nitriles is 1. The minimum Gasteiger partial charge on any atom is -0.433 e. The SMILES string of the molecule is N#Cc1ccnnc1Oc1ccc(N)cc1F. The highest BCUT2D eigenvalue weighted by Crippen LogP contribution is 2.25. The topological polar surface area (TPSA) is 84.8 Å². The Balaban J connectivity index is 2.35. The fourth-order valence-electron chi connectivity index (χ4n) is 1.18. The van der Waals surface area contributed by atoms with Crippen LogP contribution in [0, 0.1) is 17.1 Å². The molecule has 84 valence electrons. The van der Waals surface area contributed by atoms with E-state index in [1.54, 1.807) is 0 Å². The van der Waals surface area contributed by atoms with Gasteiger partial charge in [-0.15, -0.1) is 5.10 Å². The summed E-state index contributed by atoms with van der Waals surface area (Å²) in [6, 6.07) is 7.27. The minimum atomic E-state index is -0.625. The molecule has 0 aliphatic rings. The number of nitrogens with two attached hydrogens (primary N) is 1. The number of benzene rings is 1. The third kappa shape index (κ3) is 2.29. The maximum atomic E-state index is 13.4. The minimum absolute atomic E-state index is 0.0429. The van der Waals surface area contributed by atoms with Crippen molar-refractivity contribution in [2.24, 2.45) is 0 Å². The van der Waals surface area contributed by atoms with E-state index < -0.39 is 5.82 Å². The zero-order chi connectivity index (χ0) is 12.3. The van der Waals surface area contributed by atoms with Crippen LogP contribution in [0.4, 0.5) is 10.1 Å². The van der Waals surface area contributed by atoms with Crippen molar-refractivity contribution in [2.45, 2.75) is 0 Å². The van der Waals surface area contributed by atoms with Crippen molar-refractivity contribution < 1.29 is 9.13 Å². The van der Waals surface area contributed by atoms with Gasteiger partial charge in [-0.05, 0) is 18.2 Å². The average molecular weight is 230 g/mol. The van der Waals surface area contributed by atoms with Crippen molar-refractivity contribution in [2.75, 3.05) is 5.73 Å². The highest BCUT2D eigenvalue weighted by atomic mass is 19.1. The molecular weight excluding hydrogens is 223 g/mol. The van der Waals surface area contributed by atoms with Crippen LogP contribution in [0.1, 0.15) is 5.56 Å². The molecule has 0 saturated heterocycles. The van der Waals surface area contributed by atoms with Gasteiger partial charge >= 0.3 is 0 Å². The second-order valence-corrected chi connectivity index (χ2v) is 3.15. The lowest BCUT2D eigenvalue weighted by atomic mass is 10.3. The van der Waals surface area contributed by atoms with Gasteiger partial charge in [0.05, 0.1) is 6.20 Å². The van der Waals surface area contributed by atoms with Gasteiger partial charge in [-0.1, -0.05) is 0 Å². The Labute approximate surface area is 96.3 Å². The molecule has 0 amide bonds. The Bertz CT molecular complexity index is 594. The van der Waals surface area contributed by atoms with Crippen LogP contribution in [-0.4, -0.2) is 10.2 Å². The number of halogens is 1. The average Bonchev–Trinajstić information content (AvgIpc) is 2.33. The van der Waals surface area contributed by atoms with Crippen molar-refractivity contribution in [3.63, 3.8) is 0 Å². The number of ether oxygens (including phenoxy) is 1. The second kappa shape index (κ2) is 4.45. The molecule has 0 aliphatic carbocycles. The first-order chi connectivity index (χ1) is 8.20. The van der Waals surface area contributed by atoms with Crippen LogP contribution in [0.15, 0.2) is 30.5 Å². The van der Waals surface area contributed by atoms with Gasteiger partial charge in [0, 0.05) is 11.8 Å². The van der Waals surface area contributed by atoms with Crippen LogP contribution in [0.2, 0.25) is 0 Å². The van der Waals surface area contributed by atoms with E-state index in [-0.39, 0.29) is 22.9 Å². The Morgan fingerprint density at radius 1 is 1.35 bits per heavy atom. The lowest BCUT2D eigenvalue weighted by Crippen LogP contribution is -1.96. The molecule has 0 saturated carbocycles. The van der Waals surface area contributed by atoms with Gasteiger partial charge in [-0.2, -0.15) is 10.4 Å². The molecule has 0 spiro atoms. The second-order valence-electron chi connectivity index (χ2n) is 3.15. The van der Waals surface area contributed by atoms with Crippen molar-refractivity contribution in [1.29, 1.82) is 5.26 Å². The van der Waals surface area contributed by atoms with Crippen molar-refractivity contribution in [1.82, 2.24) is 10.2 Å². The number of nitrogens with zero attached hydrogens (tertiary/aromatic N) is 3.